The van der Waals surface area contributed by atoms with E-state index in [2.05, 4.69) is 10.4 Å². The van der Waals surface area contributed by atoms with Crippen molar-refractivity contribution < 1.29 is 27.1 Å². The van der Waals surface area contributed by atoms with Gasteiger partial charge in [-0.3, -0.25) is 9.48 Å². The van der Waals surface area contributed by atoms with Crippen LogP contribution in [0.5, 0.6) is 17.2 Å². The Kier molecular flexibility index (Phi) is 5.65. The minimum atomic E-state index is -3.70. The number of anilines is 1. The molecule has 0 atom stereocenters. The Hall–Kier alpha value is -3.40. The maximum Gasteiger partial charge on any atom is 0.257 e. The van der Waals surface area contributed by atoms with Crippen LogP contribution in [0.25, 0.3) is 0 Å². The molecule has 0 bridgehead atoms. The van der Waals surface area contributed by atoms with Crippen molar-refractivity contribution in [2.24, 2.45) is 7.05 Å². The maximum atomic E-state index is 14.5. The van der Waals surface area contributed by atoms with Gasteiger partial charge in [-0.25, -0.2) is 12.8 Å². The van der Waals surface area contributed by atoms with Gasteiger partial charge in [0, 0.05) is 42.9 Å². The van der Waals surface area contributed by atoms with Gasteiger partial charge in [0.2, 0.25) is 0 Å². The Morgan fingerprint density at radius 1 is 1.27 bits per heavy atom. The SMILES string of the molecule is CCS(=O)(=O)c1ccc(Oc2cc(C(=O)Nc3ccn(C)n3)cc3c2CC(C)(C)O3)cc1F. The molecule has 0 radical (unpaired) electrons. The fourth-order valence-electron chi connectivity index (χ4n) is 3.62. The summed E-state index contributed by atoms with van der Waals surface area (Å²) in [5, 5.41) is 6.85. The van der Waals surface area contributed by atoms with Gasteiger partial charge in [0.05, 0.1) is 5.75 Å². The van der Waals surface area contributed by atoms with Crippen LogP contribution >= 0.6 is 0 Å². The van der Waals surface area contributed by atoms with Gasteiger partial charge in [0.1, 0.15) is 33.6 Å². The Bertz CT molecular complexity index is 1350. The summed E-state index contributed by atoms with van der Waals surface area (Å²) in [7, 11) is -1.96. The highest BCUT2D eigenvalue weighted by Crippen LogP contribution is 2.43. The number of carbonyl (C=O) groups excluding carboxylic acids is 1. The van der Waals surface area contributed by atoms with Crippen LogP contribution < -0.4 is 14.8 Å². The van der Waals surface area contributed by atoms with Gasteiger partial charge in [-0.1, -0.05) is 6.92 Å². The van der Waals surface area contributed by atoms with Crippen molar-refractivity contribution in [3.63, 3.8) is 0 Å². The number of amides is 1. The first-order valence-corrected chi connectivity index (χ1v) is 12.0. The summed E-state index contributed by atoms with van der Waals surface area (Å²) in [5.41, 5.74) is 0.499. The minimum absolute atomic E-state index is 0.108. The first-order valence-electron chi connectivity index (χ1n) is 10.3. The standard InChI is InChI=1S/C23H24FN3O5S/c1-5-33(29,30)20-7-6-15(12-17(20)24)31-18-10-14(11-19-16(18)13-23(2,3)32-19)22(28)25-21-8-9-27(4)26-21/h6-12H,5,13H2,1-4H3,(H,25,26,28). The number of aryl methyl sites for hydroxylation is 1. The van der Waals surface area contributed by atoms with Crippen LogP contribution in [0.3, 0.4) is 0 Å². The number of halogens is 1. The van der Waals surface area contributed by atoms with E-state index < -0.39 is 27.2 Å². The normalized spacial score (nSPS) is 14.5. The van der Waals surface area contributed by atoms with Crippen LogP contribution in [0.1, 0.15) is 36.7 Å². The molecular weight excluding hydrogens is 449 g/mol. The number of hydrogen-bond acceptors (Lipinski definition) is 6. The zero-order chi connectivity index (χ0) is 24.0. The number of nitrogens with one attached hydrogen (secondary N) is 1. The summed E-state index contributed by atoms with van der Waals surface area (Å²) in [6.45, 7) is 5.27. The molecule has 1 aromatic heterocycles. The van der Waals surface area contributed by atoms with Crippen LogP contribution in [-0.2, 0) is 23.3 Å². The third-order valence-corrected chi connectivity index (χ3v) is 6.98. The van der Waals surface area contributed by atoms with Crippen molar-refractivity contribution >= 4 is 21.6 Å². The molecule has 0 aliphatic carbocycles. The van der Waals surface area contributed by atoms with Gasteiger partial charge in [-0.2, -0.15) is 5.10 Å². The van der Waals surface area contributed by atoms with E-state index in [9.17, 15) is 17.6 Å². The molecule has 4 rings (SSSR count). The van der Waals surface area contributed by atoms with Crippen LogP contribution in [0.2, 0.25) is 0 Å². The predicted molar refractivity (Wildman–Crippen MR) is 120 cm³/mol. The topological polar surface area (TPSA) is 99.5 Å². The van der Waals surface area contributed by atoms with Crippen molar-refractivity contribution in [3.8, 4) is 17.2 Å². The number of aromatic nitrogens is 2. The van der Waals surface area contributed by atoms with Crippen molar-refractivity contribution in [2.45, 2.75) is 37.7 Å². The third kappa shape index (κ3) is 4.70. The summed E-state index contributed by atoms with van der Waals surface area (Å²) in [5.74, 6) is -0.198. The van der Waals surface area contributed by atoms with Crippen molar-refractivity contribution in [1.82, 2.24) is 9.78 Å². The van der Waals surface area contributed by atoms with Gasteiger partial charge in [0.15, 0.2) is 15.7 Å². The molecule has 0 fully saturated rings. The summed E-state index contributed by atoms with van der Waals surface area (Å²) in [6.07, 6.45) is 2.22. The molecule has 1 aliphatic rings. The predicted octanol–water partition coefficient (Wildman–Crippen LogP) is 4.11. The zero-order valence-corrected chi connectivity index (χ0v) is 19.5. The van der Waals surface area contributed by atoms with E-state index >= 15 is 0 Å². The first-order chi connectivity index (χ1) is 15.5. The number of sulfone groups is 1. The lowest BCUT2D eigenvalue weighted by Crippen LogP contribution is -2.24. The van der Waals surface area contributed by atoms with Crippen LogP contribution in [0, 0.1) is 5.82 Å². The molecule has 0 saturated carbocycles. The van der Waals surface area contributed by atoms with Gasteiger partial charge in [-0.15, -0.1) is 0 Å². The molecule has 2 aromatic carbocycles. The zero-order valence-electron chi connectivity index (χ0n) is 18.7. The monoisotopic (exact) mass is 473 g/mol. The van der Waals surface area contributed by atoms with E-state index in [1.54, 1.807) is 36.1 Å². The lowest BCUT2D eigenvalue weighted by atomic mass is 9.99. The number of ether oxygens (including phenoxy) is 2. The molecule has 10 heteroatoms. The van der Waals surface area contributed by atoms with Gasteiger partial charge >= 0.3 is 0 Å². The van der Waals surface area contributed by atoms with E-state index in [0.29, 0.717) is 23.7 Å². The van der Waals surface area contributed by atoms with Crippen LogP contribution in [0.15, 0.2) is 47.5 Å². The molecule has 33 heavy (non-hydrogen) atoms. The Morgan fingerprint density at radius 2 is 2.03 bits per heavy atom. The Balaban J connectivity index is 1.69. The van der Waals surface area contributed by atoms with Crippen molar-refractivity contribution in [2.75, 3.05) is 11.1 Å². The van der Waals surface area contributed by atoms with Crippen LogP contribution in [0.4, 0.5) is 10.2 Å². The summed E-state index contributed by atoms with van der Waals surface area (Å²) in [6, 6.07) is 8.44. The third-order valence-electron chi connectivity index (χ3n) is 5.22. The lowest BCUT2D eigenvalue weighted by molar-refractivity contribution is 0.102. The Labute approximate surface area is 191 Å². The summed E-state index contributed by atoms with van der Waals surface area (Å²) < 4.78 is 52.1. The molecule has 174 valence electrons. The van der Waals surface area contributed by atoms with E-state index in [1.165, 1.54) is 19.1 Å². The largest absolute Gasteiger partial charge is 0.487 e. The fourth-order valence-corrected chi connectivity index (χ4v) is 4.56. The van der Waals surface area contributed by atoms with E-state index in [4.69, 9.17) is 9.47 Å². The number of fused-ring (bicyclic) bond motifs is 1. The van der Waals surface area contributed by atoms with Crippen molar-refractivity contribution in [1.29, 1.82) is 0 Å². The number of rotatable bonds is 6. The van der Waals surface area contributed by atoms with Crippen LogP contribution in [-0.4, -0.2) is 35.5 Å². The number of carbonyl (C=O) groups is 1. The Morgan fingerprint density at radius 3 is 2.67 bits per heavy atom. The fraction of sp³-hybridized carbons (Fsp3) is 0.304. The van der Waals surface area contributed by atoms with Gasteiger partial charge in [0.25, 0.3) is 5.91 Å². The quantitative estimate of drug-likeness (QED) is 0.578. The second kappa shape index (κ2) is 8.18. The molecule has 2 heterocycles. The molecule has 0 unspecified atom stereocenters. The maximum absolute atomic E-state index is 14.5. The number of hydrogen-bond donors (Lipinski definition) is 1. The summed E-state index contributed by atoms with van der Waals surface area (Å²) >= 11 is 0. The highest BCUT2D eigenvalue weighted by Gasteiger charge is 2.34. The average Bonchev–Trinajstić information content (AvgIpc) is 3.28. The summed E-state index contributed by atoms with van der Waals surface area (Å²) in [4.78, 5) is 12.5. The molecule has 8 nitrogen and oxygen atoms in total. The van der Waals surface area contributed by atoms with Gasteiger partial charge < -0.3 is 14.8 Å². The molecule has 0 saturated heterocycles. The smallest absolute Gasteiger partial charge is 0.257 e. The lowest BCUT2D eigenvalue weighted by Gasteiger charge is -2.16. The van der Waals surface area contributed by atoms with Gasteiger partial charge in [-0.05, 0) is 38.1 Å². The van der Waals surface area contributed by atoms with E-state index in [0.717, 1.165) is 11.6 Å². The molecule has 1 aliphatic heterocycles. The molecule has 1 N–H and O–H groups in total. The minimum Gasteiger partial charge on any atom is -0.487 e. The number of benzene rings is 2. The van der Waals surface area contributed by atoms with Crippen molar-refractivity contribution in [3.05, 3.63) is 59.5 Å². The highest BCUT2D eigenvalue weighted by atomic mass is 32.2. The highest BCUT2D eigenvalue weighted by molar-refractivity contribution is 7.91. The molecular formula is C23H24FN3O5S. The first kappa shape index (κ1) is 22.8. The molecule has 1 amide bonds. The second-order valence-electron chi connectivity index (χ2n) is 8.42. The van der Waals surface area contributed by atoms with E-state index in [-0.39, 0.29) is 22.0 Å². The molecule has 3 aromatic rings. The average molecular weight is 474 g/mol. The number of nitrogens with zero attached hydrogens (tertiary/aromatic N) is 2. The van der Waals surface area contributed by atoms with E-state index in [1.807, 2.05) is 13.8 Å². The second-order valence-corrected chi connectivity index (χ2v) is 10.7. The molecule has 0 spiro atoms.